The molecule has 1 aromatic carbocycles. The average Bonchev–Trinajstić information content (AvgIpc) is 3.41. The molecule has 1 saturated heterocycles. The molecule has 2 N–H and O–H groups in total. The highest BCUT2D eigenvalue weighted by molar-refractivity contribution is 7.80. The number of hydrogen-bond donors (Lipinski definition) is 2. The van der Waals surface area contributed by atoms with Gasteiger partial charge in [-0.25, -0.2) is 0 Å². The van der Waals surface area contributed by atoms with Crippen LogP contribution in [0.2, 0.25) is 0 Å². The Balaban J connectivity index is 1.43. The number of rotatable bonds is 8. The van der Waals surface area contributed by atoms with Gasteiger partial charge in [-0.15, -0.1) is 0 Å². The molecule has 1 fully saturated rings. The van der Waals surface area contributed by atoms with E-state index in [1.165, 1.54) is 11.3 Å². The standard InChI is InChI=1S/C31H34N6OS/c1-20-10-11-21(2)27(16-20)34-28(38)12-15-36-30(29(35-31(36)39)26-9-5-6-14-33-26)25-17-22(3)37(23(25)4)19-24-8-7-13-32-18-24/h5-11,13-14,16-18,29-30H,12,15,19H2,1-4H3,(H,34,38)(H,35,39)/t29-,30+/m1/s1. The topological polar surface area (TPSA) is 75.1 Å². The summed E-state index contributed by atoms with van der Waals surface area (Å²) in [6, 6.07) is 18.1. The van der Waals surface area contributed by atoms with Gasteiger partial charge in [-0.05, 0) is 92.5 Å². The lowest BCUT2D eigenvalue weighted by Gasteiger charge is -2.28. The summed E-state index contributed by atoms with van der Waals surface area (Å²) in [7, 11) is 0. The van der Waals surface area contributed by atoms with E-state index in [2.05, 4.69) is 56.0 Å². The number of hydrogen-bond acceptors (Lipinski definition) is 4. The molecule has 7 nitrogen and oxygen atoms in total. The maximum Gasteiger partial charge on any atom is 0.226 e. The van der Waals surface area contributed by atoms with Crippen molar-refractivity contribution in [3.63, 3.8) is 0 Å². The van der Waals surface area contributed by atoms with Gasteiger partial charge in [0.2, 0.25) is 5.91 Å². The summed E-state index contributed by atoms with van der Waals surface area (Å²) in [5, 5.41) is 7.23. The van der Waals surface area contributed by atoms with E-state index in [4.69, 9.17) is 12.2 Å². The Morgan fingerprint density at radius 3 is 2.64 bits per heavy atom. The number of carbonyl (C=O) groups excluding carboxylic acids is 1. The van der Waals surface area contributed by atoms with Crippen molar-refractivity contribution >= 4 is 28.9 Å². The van der Waals surface area contributed by atoms with Gasteiger partial charge >= 0.3 is 0 Å². The molecule has 200 valence electrons. The molecule has 1 amide bonds. The first-order valence-corrected chi connectivity index (χ1v) is 13.6. The fourth-order valence-electron chi connectivity index (χ4n) is 5.33. The third kappa shape index (κ3) is 5.71. The van der Waals surface area contributed by atoms with Gasteiger partial charge in [0.05, 0.1) is 17.8 Å². The second-order valence-corrected chi connectivity index (χ2v) is 10.6. The largest absolute Gasteiger partial charge is 0.352 e. The molecule has 1 aliphatic heterocycles. The van der Waals surface area contributed by atoms with Crippen molar-refractivity contribution in [1.29, 1.82) is 0 Å². The molecular formula is C31H34N6OS. The summed E-state index contributed by atoms with van der Waals surface area (Å²) in [4.78, 5) is 24.1. The van der Waals surface area contributed by atoms with Crippen molar-refractivity contribution in [2.75, 3.05) is 11.9 Å². The smallest absolute Gasteiger partial charge is 0.226 e. The number of thiocarbonyl (C=S) groups is 1. The van der Waals surface area contributed by atoms with Crippen LogP contribution in [-0.2, 0) is 11.3 Å². The molecular weight excluding hydrogens is 504 g/mol. The summed E-state index contributed by atoms with van der Waals surface area (Å²) in [6.45, 7) is 9.54. The minimum Gasteiger partial charge on any atom is -0.352 e. The Morgan fingerprint density at radius 1 is 1.05 bits per heavy atom. The Hall–Kier alpha value is -4.04. The Kier molecular flexibility index (Phi) is 7.74. The van der Waals surface area contributed by atoms with E-state index in [1.807, 2.05) is 68.7 Å². The Labute approximate surface area is 235 Å². The van der Waals surface area contributed by atoms with E-state index >= 15 is 0 Å². The first kappa shape index (κ1) is 26.6. The molecule has 0 unspecified atom stereocenters. The van der Waals surface area contributed by atoms with E-state index in [9.17, 15) is 4.79 Å². The van der Waals surface area contributed by atoms with Crippen molar-refractivity contribution in [3.8, 4) is 0 Å². The van der Waals surface area contributed by atoms with Crippen molar-refractivity contribution in [1.82, 2.24) is 24.8 Å². The molecule has 1 aliphatic rings. The van der Waals surface area contributed by atoms with Gasteiger partial charge in [0.1, 0.15) is 0 Å². The number of amides is 1. The van der Waals surface area contributed by atoms with Crippen LogP contribution in [0.3, 0.4) is 0 Å². The molecule has 5 rings (SSSR count). The zero-order chi connectivity index (χ0) is 27.5. The molecule has 0 saturated carbocycles. The summed E-state index contributed by atoms with van der Waals surface area (Å²) in [5.74, 6) is -0.0337. The van der Waals surface area contributed by atoms with Crippen LogP contribution in [-0.4, -0.2) is 37.0 Å². The number of carbonyl (C=O) groups is 1. The molecule has 0 bridgehead atoms. The summed E-state index contributed by atoms with van der Waals surface area (Å²) >= 11 is 5.84. The fraction of sp³-hybridized carbons (Fsp3) is 0.290. The quantitative estimate of drug-likeness (QED) is 0.286. The van der Waals surface area contributed by atoms with Gasteiger partial charge < -0.3 is 20.1 Å². The van der Waals surface area contributed by atoms with Crippen LogP contribution in [0.1, 0.15) is 57.8 Å². The van der Waals surface area contributed by atoms with Crippen LogP contribution in [0.4, 0.5) is 5.69 Å². The lowest BCUT2D eigenvalue weighted by atomic mass is 9.96. The first-order valence-electron chi connectivity index (χ1n) is 13.2. The van der Waals surface area contributed by atoms with Gasteiger partial charge in [-0.1, -0.05) is 24.3 Å². The Bertz CT molecular complexity index is 1480. The number of pyridine rings is 2. The molecule has 4 heterocycles. The first-order chi connectivity index (χ1) is 18.8. The lowest BCUT2D eigenvalue weighted by Crippen LogP contribution is -2.33. The number of nitrogens with zero attached hydrogens (tertiary/aromatic N) is 4. The number of aromatic nitrogens is 3. The zero-order valence-corrected chi connectivity index (χ0v) is 23.6. The van der Waals surface area contributed by atoms with E-state index in [-0.39, 0.29) is 18.0 Å². The van der Waals surface area contributed by atoms with Gasteiger partial charge in [0, 0.05) is 55.2 Å². The highest BCUT2D eigenvalue weighted by Crippen LogP contribution is 2.41. The molecule has 0 aliphatic carbocycles. The van der Waals surface area contributed by atoms with Crippen molar-refractivity contribution in [2.45, 2.75) is 52.7 Å². The highest BCUT2D eigenvalue weighted by atomic mass is 32.1. The number of aryl methyl sites for hydroxylation is 3. The number of benzene rings is 1. The summed E-state index contributed by atoms with van der Waals surface area (Å²) < 4.78 is 2.31. The second kappa shape index (κ2) is 11.4. The highest BCUT2D eigenvalue weighted by Gasteiger charge is 2.41. The molecule has 0 spiro atoms. The summed E-state index contributed by atoms with van der Waals surface area (Å²) in [5.41, 5.74) is 8.58. The van der Waals surface area contributed by atoms with E-state index in [0.29, 0.717) is 18.1 Å². The monoisotopic (exact) mass is 538 g/mol. The lowest BCUT2D eigenvalue weighted by molar-refractivity contribution is -0.116. The van der Waals surface area contributed by atoms with Crippen LogP contribution in [0.25, 0.3) is 0 Å². The zero-order valence-electron chi connectivity index (χ0n) is 22.8. The van der Waals surface area contributed by atoms with Gasteiger partial charge in [-0.2, -0.15) is 0 Å². The minimum atomic E-state index is -0.131. The molecule has 8 heteroatoms. The molecule has 2 atom stereocenters. The van der Waals surface area contributed by atoms with Crippen LogP contribution in [0.5, 0.6) is 0 Å². The third-order valence-corrected chi connectivity index (χ3v) is 7.79. The molecule has 39 heavy (non-hydrogen) atoms. The molecule has 3 aromatic heterocycles. The van der Waals surface area contributed by atoms with Crippen LogP contribution in [0, 0.1) is 27.7 Å². The van der Waals surface area contributed by atoms with Crippen molar-refractivity contribution < 1.29 is 4.79 Å². The maximum absolute atomic E-state index is 13.0. The van der Waals surface area contributed by atoms with Crippen LogP contribution < -0.4 is 10.6 Å². The SMILES string of the molecule is Cc1ccc(C)c(NC(=O)CCN2C(=S)N[C@H](c3ccccn3)[C@@H]2c2cc(C)n(Cc3cccnc3)c2C)c1. The molecule has 0 radical (unpaired) electrons. The summed E-state index contributed by atoms with van der Waals surface area (Å²) in [6.07, 6.45) is 5.82. The normalized spacial score (nSPS) is 16.8. The second-order valence-electron chi connectivity index (χ2n) is 10.2. The van der Waals surface area contributed by atoms with Crippen LogP contribution in [0.15, 0.2) is 73.2 Å². The number of nitrogens with one attached hydrogen (secondary N) is 2. The fourth-order valence-corrected chi connectivity index (χ4v) is 5.67. The number of anilines is 1. The average molecular weight is 539 g/mol. The third-order valence-electron chi connectivity index (χ3n) is 7.44. The van der Waals surface area contributed by atoms with Crippen molar-refractivity contribution in [3.05, 3.63) is 113 Å². The predicted molar refractivity (Wildman–Crippen MR) is 159 cm³/mol. The van der Waals surface area contributed by atoms with E-state index < -0.39 is 0 Å². The van der Waals surface area contributed by atoms with E-state index in [1.54, 1.807) is 6.20 Å². The minimum absolute atomic E-state index is 0.0337. The maximum atomic E-state index is 13.0. The van der Waals surface area contributed by atoms with Gasteiger partial charge in [0.15, 0.2) is 5.11 Å². The van der Waals surface area contributed by atoms with Gasteiger partial charge in [-0.3, -0.25) is 14.8 Å². The van der Waals surface area contributed by atoms with E-state index in [0.717, 1.165) is 40.3 Å². The van der Waals surface area contributed by atoms with Crippen LogP contribution >= 0.6 is 12.2 Å². The van der Waals surface area contributed by atoms with Crippen molar-refractivity contribution in [2.24, 2.45) is 0 Å². The molecule has 4 aromatic rings. The Morgan fingerprint density at radius 2 is 1.90 bits per heavy atom. The van der Waals surface area contributed by atoms with Gasteiger partial charge in [0.25, 0.3) is 0 Å². The predicted octanol–water partition coefficient (Wildman–Crippen LogP) is 5.56.